The maximum Gasteiger partial charge on any atom is 0.227 e. The van der Waals surface area contributed by atoms with Gasteiger partial charge in [-0.05, 0) is 30.4 Å². The van der Waals surface area contributed by atoms with Crippen molar-refractivity contribution in [2.24, 2.45) is 5.92 Å². The summed E-state index contributed by atoms with van der Waals surface area (Å²) in [6.45, 7) is 3.09. The molecule has 1 saturated heterocycles. The van der Waals surface area contributed by atoms with Crippen molar-refractivity contribution >= 4 is 11.7 Å². The van der Waals surface area contributed by atoms with Crippen molar-refractivity contribution in [1.29, 1.82) is 0 Å². The normalized spacial score (nSPS) is 19.1. The lowest BCUT2D eigenvalue weighted by Crippen LogP contribution is -2.46. The number of hydrogen-bond donors (Lipinski definition) is 0. The smallest absolute Gasteiger partial charge is 0.227 e. The van der Waals surface area contributed by atoms with Gasteiger partial charge in [0.1, 0.15) is 24.8 Å². The Morgan fingerprint density at radius 1 is 1.03 bits per heavy atom. The van der Waals surface area contributed by atoms with E-state index in [1.807, 2.05) is 11.0 Å². The maximum absolute atomic E-state index is 13.2. The molecule has 2 aliphatic heterocycles. The van der Waals surface area contributed by atoms with Crippen LogP contribution in [0.3, 0.4) is 0 Å². The number of benzene rings is 1. The van der Waals surface area contributed by atoms with Gasteiger partial charge in [0.2, 0.25) is 5.91 Å². The van der Waals surface area contributed by atoms with Crippen LogP contribution in [0.25, 0.3) is 5.82 Å². The summed E-state index contributed by atoms with van der Waals surface area (Å²) >= 11 is 0. The zero-order valence-electron chi connectivity index (χ0n) is 16.2. The first-order valence-corrected chi connectivity index (χ1v) is 10.1. The van der Waals surface area contributed by atoms with Gasteiger partial charge < -0.3 is 9.80 Å². The van der Waals surface area contributed by atoms with Crippen molar-refractivity contribution in [3.63, 3.8) is 0 Å². The second-order valence-corrected chi connectivity index (χ2v) is 7.64. The molecule has 0 N–H and O–H groups in total. The summed E-state index contributed by atoms with van der Waals surface area (Å²) < 4.78 is 1.61. The molecule has 0 saturated carbocycles. The highest BCUT2D eigenvalue weighted by Gasteiger charge is 2.31. The topological polar surface area (TPSA) is 80.0 Å². The van der Waals surface area contributed by atoms with Gasteiger partial charge in [0.05, 0.1) is 5.92 Å². The molecule has 29 heavy (non-hydrogen) atoms. The Morgan fingerprint density at radius 2 is 1.90 bits per heavy atom. The van der Waals surface area contributed by atoms with E-state index in [1.165, 1.54) is 17.5 Å². The summed E-state index contributed by atoms with van der Waals surface area (Å²) in [6.07, 6.45) is 7.47. The van der Waals surface area contributed by atoms with Crippen molar-refractivity contribution < 1.29 is 4.79 Å². The number of piperidine rings is 1. The number of fused-ring (bicyclic) bond motifs is 1. The third-order valence-electron chi connectivity index (χ3n) is 5.83. The number of carbonyl (C=O) groups is 1. The van der Waals surface area contributed by atoms with E-state index in [2.05, 4.69) is 49.2 Å². The van der Waals surface area contributed by atoms with Crippen molar-refractivity contribution in [2.75, 3.05) is 24.5 Å². The molecule has 0 aliphatic carbocycles. The zero-order chi connectivity index (χ0) is 19.6. The van der Waals surface area contributed by atoms with E-state index >= 15 is 0 Å². The van der Waals surface area contributed by atoms with Gasteiger partial charge in [-0.1, -0.05) is 24.3 Å². The summed E-state index contributed by atoms with van der Waals surface area (Å²) in [4.78, 5) is 30.1. The van der Waals surface area contributed by atoms with Crippen LogP contribution in [-0.2, 0) is 17.8 Å². The fourth-order valence-corrected chi connectivity index (χ4v) is 4.29. The van der Waals surface area contributed by atoms with Crippen molar-refractivity contribution in [3.8, 4) is 5.82 Å². The average molecular weight is 389 g/mol. The summed E-state index contributed by atoms with van der Waals surface area (Å²) in [6, 6.07) is 10.3. The minimum atomic E-state index is -0.00111. The van der Waals surface area contributed by atoms with E-state index < -0.39 is 0 Å². The third-order valence-corrected chi connectivity index (χ3v) is 5.83. The molecule has 1 fully saturated rings. The molecule has 4 heterocycles. The molecule has 0 bridgehead atoms. The minimum Gasteiger partial charge on any atom is -0.356 e. The molecule has 1 aromatic carbocycles. The number of rotatable bonds is 3. The molecular weight excluding hydrogens is 366 g/mol. The number of nitrogens with zero attached hydrogens (tertiary/aromatic N) is 7. The van der Waals surface area contributed by atoms with Gasteiger partial charge in [-0.3, -0.25) is 4.79 Å². The van der Waals surface area contributed by atoms with E-state index in [0.29, 0.717) is 12.4 Å². The number of aromatic nitrogens is 5. The molecule has 1 amide bonds. The predicted octanol–water partition coefficient (Wildman–Crippen LogP) is 1.86. The molecule has 2 aromatic heterocycles. The highest BCUT2D eigenvalue weighted by molar-refractivity contribution is 5.80. The van der Waals surface area contributed by atoms with Gasteiger partial charge in [0, 0.05) is 32.2 Å². The zero-order valence-corrected chi connectivity index (χ0v) is 16.2. The van der Waals surface area contributed by atoms with Gasteiger partial charge >= 0.3 is 0 Å². The maximum atomic E-state index is 13.2. The Kier molecular flexibility index (Phi) is 4.67. The Bertz CT molecular complexity index is 1000. The van der Waals surface area contributed by atoms with Crippen molar-refractivity contribution in [1.82, 2.24) is 29.6 Å². The summed E-state index contributed by atoms with van der Waals surface area (Å²) in [5, 5.41) is 4.13. The van der Waals surface area contributed by atoms with E-state index in [0.717, 1.165) is 44.7 Å². The lowest BCUT2D eigenvalue weighted by atomic mass is 9.94. The Hall–Kier alpha value is -3.29. The Morgan fingerprint density at radius 3 is 2.76 bits per heavy atom. The predicted molar refractivity (Wildman–Crippen MR) is 107 cm³/mol. The number of carbonyl (C=O) groups excluding carboxylic acids is 1. The van der Waals surface area contributed by atoms with E-state index in [9.17, 15) is 4.79 Å². The molecule has 3 aromatic rings. The first-order valence-electron chi connectivity index (χ1n) is 10.1. The lowest BCUT2D eigenvalue weighted by molar-refractivity contribution is -0.136. The van der Waals surface area contributed by atoms with Crippen molar-refractivity contribution in [3.05, 3.63) is 60.4 Å². The summed E-state index contributed by atoms with van der Waals surface area (Å²) in [5.41, 5.74) is 2.64. The molecule has 0 radical (unpaired) electrons. The quantitative estimate of drug-likeness (QED) is 0.680. The fraction of sp³-hybridized carbons (Fsp3) is 0.381. The molecule has 1 atom stereocenters. The average Bonchev–Trinajstić information content (AvgIpc) is 3.33. The van der Waals surface area contributed by atoms with Crippen LogP contribution in [0.4, 0.5) is 5.82 Å². The number of hydrogen-bond acceptors (Lipinski definition) is 6. The number of amides is 1. The molecule has 8 nitrogen and oxygen atoms in total. The van der Waals surface area contributed by atoms with Crippen LogP contribution >= 0.6 is 0 Å². The number of anilines is 1. The summed E-state index contributed by atoms with van der Waals surface area (Å²) in [5.74, 6) is 1.76. The van der Waals surface area contributed by atoms with Gasteiger partial charge in [-0.15, -0.1) is 0 Å². The molecule has 8 heteroatoms. The highest BCUT2D eigenvalue weighted by Crippen LogP contribution is 2.26. The second-order valence-electron chi connectivity index (χ2n) is 7.64. The molecule has 5 rings (SSSR count). The van der Waals surface area contributed by atoms with E-state index in [-0.39, 0.29) is 11.8 Å². The fourth-order valence-electron chi connectivity index (χ4n) is 4.29. The minimum absolute atomic E-state index is 0.00111. The highest BCUT2D eigenvalue weighted by atomic mass is 16.2. The van der Waals surface area contributed by atoms with Crippen LogP contribution in [0, 0.1) is 5.92 Å². The van der Waals surface area contributed by atoms with Crippen LogP contribution in [0.5, 0.6) is 0 Å². The molecule has 0 spiro atoms. The van der Waals surface area contributed by atoms with Crippen LogP contribution in [0.1, 0.15) is 24.0 Å². The molecule has 1 unspecified atom stereocenters. The van der Waals surface area contributed by atoms with Crippen LogP contribution < -0.4 is 4.90 Å². The lowest BCUT2D eigenvalue weighted by Gasteiger charge is -2.37. The molecular formula is C21H23N7O. The van der Waals surface area contributed by atoms with Crippen molar-refractivity contribution in [2.45, 2.75) is 25.8 Å². The SMILES string of the molecule is O=C(C1CCCN(c2cc(-n3cncn3)ncn2)C1)N1CCc2ccccc2C1. The Labute approximate surface area is 169 Å². The van der Waals surface area contributed by atoms with E-state index in [4.69, 9.17) is 0 Å². The first-order chi connectivity index (χ1) is 14.3. The van der Waals surface area contributed by atoms with Gasteiger partial charge in [0.25, 0.3) is 0 Å². The van der Waals surface area contributed by atoms with Crippen LogP contribution in [0.15, 0.2) is 49.3 Å². The standard InChI is InChI=1S/C21H23N7O/c29-21(27-9-7-16-4-1-2-5-17(16)11-27)18-6-3-8-26(12-18)19-10-20(24-14-23-19)28-15-22-13-25-28/h1-2,4-5,10,13-15,18H,3,6-9,11-12H2. The van der Waals surface area contributed by atoms with Gasteiger partial charge in [0.15, 0.2) is 5.82 Å². The summed E-state index contributed by atoms with van der Waals surface area (Å²) in [7, 11) is 0. The van der Waals surface area contributed by atoms with Crippen LogP contribution in [0.2, 0.25) is 0 Å². The van der Waals surface area contributed by atoms with E-state index in [1.54, 1.807) is 17.3 Å². The largest absolute Gasteiger partial charge is 0.356 e. The van der Waals surface area contributed by atoms with Gasteiger partial charge in [-0.2, -0.15) is 5.10 Å². The second kappa shape index (κ2) is 7.62. The van der Waals surface area contributed by atoms with Crippen LogP contribution in [-0.4, -0.2) is 55.2 Å². The molecule has 148 valence electrons. The first kappa shape index (κ1) is 17.8. The van der Waals surface area contributed by atoms with Gasteiger partial charge in [-0.25, -0.2) is 19.6 Å². The molecule has 2 aliphatic rings. The monoisotopic (exact) mass is 389 g/mol. The Balaban J connectivity index is 1.30. The third kappa shape index (κ3) is 3.57.